The largest absolute Gasteiger partial charge is 0.351 e. The Morgan fingerprint density at radius 3 is 2.36 bits per heavy atom. The number of aromatic nitrogens is 3. The van der Waals surface area contributed by atoms with Crippen molar-refractivity contribution < 1.29 is 0 Å². The molecule has 2 aromatic carbocycles. The first-order valence-corrected chi connectivity index (χ1v) is 8.49. The van der Waals surface area contributed by atoms with Crippen molar-refractivity contribution >= 4 is 17.5 Å². The summed E-state index contributed by atoms with van der Waals surface area (Å²) in [6.07, 6.45) is 1.71. The maximum absolute atomic E-state index is 4.66. The van der Waals surface area contributed by atoms with Crippen molar-refractivity contribution in [1.82, 2.24) is 15.2 Å². The standard InChI is InChI=1S/C20H23N5/c1-4-25(14-17-11-6-5-7-12-17)18-13-21-24-20(22-18)23-19-15(2)9-8-10-16(19)3/h5-13H,4,14H2,1-3H3,(H,22,23,24). The molecule has 5 heteroatoms. The molecule has 0 saturated heterocycles. The van der Waals surface area contributed by atoms with Crippen molar-refractivity contribution in [1.29, 1.82) is 0 Å². The fourth-order valence-corrected chi connectivity index (χ4v) is 2.78. The van der Waals surface area contributed by atoms with Gasteiger partial charge in [0, 0.05) is 18.8 Å². The van der Waals surface area contributed by atoms with Crippen LogP contribution in [0.5, 0.6) is 0 Å². The average molecular weight is 333 g/mol. The smallest absolute Gasteiger partial charge is 0.249 e. The molecule has 0 aliphatic rings. The monoisotopic (exact) mass is 333 g/mol. The van der Waals surface area contributed by atoms with Gasteiger partial charge in [-0.05, 0) is 37.5 Å². The van der Waals surface area contributed by atoms with Gasteiger partial charge >= 0.3 is 0 Å². The molecule has 3 aromatic rings. The Labute approximate surface area is 148 Å². The highest BCUT2D eigenvalue weighted by Crippen LogP contribution is 2.23. The second-order valence-electron chi connectivity index (χ2n) is 6.03. The molecule has 128 valence electrons. The van der Waals surface area contributed by atoms with E-state index in [1.807, 2.05) is 12.1 Å². The Morgan fingerprint density at radius 2 is 1.68 bits per heavy atom. The Morgan fingerprint density at radius 1 is 0.960 bits per heavy atom. The van der Waals surface area contributed by atoms with Gasteiger partial charge in [0.1, 0.15) is 0 Å². The minimum absolute atomic E-state index is 0.515. The number of nitrogens with zero attached hydrogens (tertiary/aromatic N) is 4. The van der Waals surface area contributed by atoms with Gasteiger partial charge in [-0.1, -0.05) is 48.5 Å². The van der Waals surface area contributed by atoms with Gasteiger partial charge in [0.05, 0.1) is 6.20 Å². The zero-order chi connectivity index (χ0) is 17.6. The first-order chi connectivity index (χ1) is 12.2. The maximum atomic E-state index is 4.66. The maximum Gasteiger partial charge on any atom is 0.249 e. The van der Waals surface area contributed by atoms with E-state index in [0.717, 1.165) is 35.7 Å². The van der Waals surface area contributed by atoms with Crippen LogP contribution in [-0.2, 0) is 6.54 Å². The molecule has 0 aliphatic heterocycles. The Balaban J connectivity index is 1.83. The van der Waals surface area contributed by atoms with Crippen LogP contribution in [0.3, 0.4) is 0 Å². The molecule has 0 radical (unpaired) electrons. The first kappa shape index (κ1) is 16.9. The van der Waals surface area contributed by atoms with E-state index >= 15 is 0 Å². The van der Waals surface area contributed by atoms with Gasteiger partial charge in [-0.25, -0.2) is 0 Å². The Kier molecular flexibility index (Phi) is 5.23. The molecule has 3 rings (SSSR count). The first-order valence-electron chi connectivity index (χ1n) is 8.49. The summed E-state index contributed by atoms with van der Waals surface area (Å²) in [5.41, 5.74) is 4.59. The van der Waals surface area contributed by atoms with E-state index in [1.165, 1.54) is 5.56 Å². The number of para-hydroxylation sites is 1. The number of anilines is 3. The van der Waals surface area contributed by atoms with Crippen LogP contribution in [0.1, 0.15) is 23.6 Å². The average Bonchev–Trinajstić information content (AvgIpc) is 2.64. The highest BCUT2D eigenvalue weighted by Gasteiger charge is 2.10. The van der Waals surface area contributed by atoms with Crippen LogP contribution in [0, 0.1) is 13.8 Å². The molecule has 0 amide bonds. The summed E-state index contributed by atoms with van der Waals surface area (Å²) >= 11 is 0. The molecule has 0 unspecified atom stereocenters. The minimum Gasteiger partial charge on any atom is -0.351 e. The van der Waals surface area contributed by atoms with E-state index in [9.17, 15) is 0 Å². The normalized spacial score (nSPS) is 10.5. The van der Waals surface area contributed by atoms with Crippen molar-refractivity contribution in [2.75, 3.05) is 16.8 Å². The summed E-state index contributed by atoms with van der Waals surface area (Å²) in [4.78, 5) is 6.84. The van der Waals surface area contributed by atoms with E-state index in [1.54, 1.807) is 6.20 Å². The second-order valence-corrected chi connectivity index (χ2v) is 6.03. The molecular weight excluding hydrogens is 310 g/mol. The lowest BCUT2D eigenvalue weighted by atomic mass is 10.1. The Hall–Kier alpha value is -2.95. The summed E-state index contributed by atoms with van der Waals surface area (Å²) in [5, 5.41) is 11.6. The van der Waals surface area contributed by atoms with Gasteiger partial charge in [-0.3, -0.25) is 0 Å². The molecule has 0 aliphatic carbocycles. The van der Waals surface area contributed by atoms with Crippen molar-refractivity contribution in [3.05, 3.63) is 71.4 Å². The van der Waals surface area contributed by atoms with Crippen LogP contribution < -0.4 is 10.2 Å². The van der Waals surface area contributed by atoms with E-state index in [-0.39, 0.29) is 0 Å². The number of rotatable bonds is 6. The lowest BCUT2D eigenvalue weighted by Crippen LogP contribution is -2.23. The molecule has 0 spiro atoms. The van der Waals surface area contributed by atoms with E-state index < -0.39 is 0 Å². The summed E-state index contributed by atoms with van der Waals surface area (Å²) in [6, 6.07) is 16.5. The van der Waals surface area contributed by atoms with Gasteiger partial charge in [0.15, 0.2) is 5.82 Å². The SMILES string of the molecule is CCN(Cc1ccccc1)c1cnnc(Nc2c(C)cccc2C)n1. The van der Waals surface area contributed by atoms with Gasteiger partial charge in [0.25, 0.3) is 0 Å². The van der Waals surface area contributed by atoms with Crippen LogP contribution in [-0.4, -0.2) is 21.7 Å². The molecule has 25 heavy (non-hydrogen) atoms. The number of nitrogens with one attached hydrogen (secondary N) is 1. The molecule has 1 N–H and O–H groups in total. The minimum atomic E-state index is 0.515. The molecule has 0 bridgehead atoms. The number of hydrogen-bond acceptors (Lipinski definition) is 5. The topological polar surface area (TPSA) is 53.9 Å². The highest BCUT2D eigenvalue weighted by atomic mass is 15.3. The lowest BCUT2D eigenvalue weighted by Gasteiger charge is -2.22. The third-order valence-electron chi connectivity index (χ3n) is 4.19. The molecule has 1 aromatic heterocycles. The van der Waals surface area contributed by atoms with Crippen LogP contribution in [0.15, 0.2) is 54.7 Å². The lowest BCUT2D eigenvalue weighted by molar-refractivity contribution is 0.798. The molecule has 1 heterocycles. The summed E-state index contributed by atoms with van der Waals surface area (Å²) in [5.74, 6) is 1.33. The number of aryl methyl sites for hydroxylation is 2. The van der Waals surface area contributed by atoms with Crippen LogP contribution in [0.4, 0.5) is 17.5 Å². The van der Waals surface area contributed by atoms with Crippen molar-refractivity contribution in [2.45, 2.75) is 27.3 Å². The van der Waals surface area contributed by atoms with Gasteiger partial charge in [-0.15, -0.1) is 5.10 Å². The molecular formula is C20H23N5. The zero-order valence-electron chi connectivity index (χ0n) is 14.9. The predicted octanol–water partition coefficient (Wildman–Crippen LogP) is 4.26. The van der Waals surface area contributed by atoms with Gasteiger partial charge in [-0.2, -0.15) is 10.1 Å². The zero-order valence-corrected chi connectivity index (χ0v) is 14.9. The van der Waals surface area contributed by atoms with Crippen LogP contribution in [0.2, 0.25) is 0 Å². The predicted molar refractivity (Wildman–Crippen MR) is 102 cm³/mol. The fraction of sp³-hybridized carbons (Fsp3) is 0.250. The summed E-state index contributed by atoms with van der Waals surface area (Å²) in [7, 11) is 0. The van der Waals surface area contributed by atoms with E-state index in [4.69, 9.17) is 0 Å². The number of hydrogen-bond donors (Lipinski definition) is 1. The van der Waals surface area contributed by atoms with Crippen molar-refractivity contribution in [3.63, 3.8) is 0 Å². The van der Waals surface area contributed by atoms with Crippen LogP contribution in [0.25, 0.3) is 0 Å². The third-order valence-corrected chi connectivity index (χ3v) is 4.19. The third kappa shape index (κ3) is 4.12. The van der Waals surface area contributed by atoms with E-state index in [0.29, 0.717) is 5.95 Å². The molecule has 0 saturated carbocycles. The van der Waals surface area contributed by atoms with Gasteiger partial charge < -0.3 is 10.2 Å². The summed E-state index contributed by atoms with van der Waals surface area (Å²) < 4.78 is 0. The highest BCUT2D eigenvalue weighted by molar-refractivity contribution is 5.63. The van der Waals surface area contributed by atoms with Crippen LogP contribution >= 0.6 is 0 Å². The van der Waals surface area contributed by atoms with Crippen molar-refractivity contribution in [2.24, 2.45) is 0 Å². The van der Waals surface area contributed by atoms with Crippen molar-refractivity contribution in [3.8, 4) is 0 Å². The molecule has 5 nitrogen and oxygen atoms in total. The second kappa shape index (κ2) is 7.75. The van der Waals surface area contributed by atoms with Gasteiger partial charge in [0.2, 0.25) is 5.95 Å². The fourth-order valence-electron chi connectivity index (χ4n) is 2.78. The Bertz CT molecular complexity index is 812. The molecule has 0 fully saturated rings. The number of benzene rings is 2. The molecule has 0 atom stereocenters. The summed E-state index contributed by atoms with van der Waals surface area (Å²) in [6.45, 7) is 7.89. The van der Waals surface area contributed by atoms with E-state index in [2.05, 4.69) is 82.6 Å². The quantitative estimate of drug-likeness (QED) is 0.730.